The fraction of sp³-hybridized carbons (Fsp3) is 0.545. The van der Waals surface area contributed by atoms with Gasteiger partial charge >= 0.3 is 34.2 Å². The summed E-state index contributed by atoms with van der Waals surface area (Å²) in [6.45, 7) is 25.6. The van der Waals surface area contributed by atoms with Gasteiger partial charge in [-0.05, 0) is 113 Å². The molecule has 0 aliphatic carbocycles. The molecule has 0 amide bonds. The highest BCUT2D eigenvalue weighted by Crippen LogP contribution is 2.27. The number of pyridine rings is 2. The normalized spacial score (nSPS) is 14.3. The van der Waals surface area contributed by atoms with Gasteiger partial charge in [-0.2, -0.15) is 0 Å². The molecule has 2 aromatic heterocycles. The predicted octanol–water partition coefficient (Wildman–Crippen LogP) is 4.89. The summed E-state index contributed by atoms with van der Waals surface area (Å²) in [7, 11) is -14.3. The smallest absolute Gasteiger partial charge is 0.314 e. The van der Waals surface area contributed by atoms with E-state index >= 15 is 0 Å². The second-order valence-corrected chi connectivity index (χ2v) is 34.1. The number of nitrogens with zero attached hydrogens (tertiary/aromatic N) is 2. The molecule has 0 unspecified atom stereocenters. The van der Waals surface area contributed by atoms with Gasteiger partial charge in [-0.3, -0.25) is 9.97 Å². The monoisotopic (exact) mass is 584 g/mol. The highest BCUT2D eigenvalue weighted by molar-refractivity contribution is 6.95. The van der Waals surface area contributed by atoms with Crippen LogP contribution >= 0.6 is 0 Å². The first kappa shape index (κ1) is 30.6. The Morgan fingerprint density at radius 3 is 0.886 bits per heavy atom. The van der Waals surface area contributed by atoms with E-state index in [0.717, 1.165) is 0 Å². The molecule has 0 bridgehead atoms. The molecule has 0 atom stereocenters. The zero-order chi connectivity index (χ0) is 26.8. The molecular weight excluding hydrogens is 541 g/mol. The van der Waals surface area contributed by atoms with Crippen molar-refractivity contribution in [2.45, 2.75) is 78.6 Å². The van der Waals surface area contributed by atoms with Gasteiger partial charge < -0.3 is 20.6 Å². The third kappa shape index (κ3) is 10.00. The summed E-state index contributed by atoms with van der Waals surface area (Å²) in [5.74, 6) is 0. The van der Waals surface area contributed by atoms with E-state index in [2.05, 4.69) is 88.5 Å². The Hall–Kier alpha value is -0.599. The van der Waals surface area contributed by atoms with Gasteiger partial charge in [0.25, 0.3) is 0 Å². The fourth-order valence-electron chi connectivity index (χ4n) is 4.71. The molecule has 7 nitrogen and oxygen atoms in total. The van der Waals surface area contributed by atoms with Gasteiger partial charge in [0.15, 0.2) is 0 Å². The van der Waals surface area contributed by atoms with Crippen LogP contribution < -0.4 is 10.4 Å². The van der Waals surface area contributed by atoms with Crippen LogP contribution in [0.1, 0.15) is 0 Å². The van der Waals surface area contributed by atoms with Crippen LogP contribution in [-0.4, -0.2) is 60.8 Å². The van der Waals surface area contributed by atoms with Crippen LogP contribution in [0.4, 0.5) is 0 Å². The molecule has 0 saturated carbocycles. The molecule has 196 valence electrons. The van der Waals surface area contributed by atoms with E-state index in [1.165, 1.54) is 10.4 Å². The summed E-state index contributed by atoms with van der Waals surface area (Å²) in [6, 6.07) is 8.18. The van der Waals surface area contributed by atoms with Crippen molar-refractivity contribution in [1.82, 2.24) is 9.97 Å². The lowest BCUT2D eigenvalue weighted by Gasteiger charge is -2.43. The lowest BCUT2D eigenvalue weighted by Crippen LogP contribution is -2.62. The quantitative estimate of drug-likeness (QED) is 0.329. The Morgan fingerprint density at radius 1 is 0.400 bits per heavy atom. The molecule has 0 radical (unpaired) electrons. The average molecular weight is 585 g/mol. The zero-order valence-corrected chi connectivity index (χ0v) is 29.6. The van der Waals surface area contributed by atoms with Crippen LogP contribution in [-0.2, 0) is 20.6 Å². The minimum Gasteiger partial charge on any atom is -0.433 e. The molecule has 2 aromatic rings. The first-order valence-corrected chi connectivity index (χ1v) is 29.1. The van der Waals surface area contributed by atoms with Crippen LogP contribution in [0.2, 0.25) is 78.6 Å². The minimum absolute atomic E-state index is 1.21. The van der Waals surface area contributed by atoms with Crippen molar-refractivity contribution in [3.05, 3.63) is 49.1 Å². The predicted molar refractivity (Wildman–Crippen MR) is 158 cm³/mol. The second-order valence-electron chi connectivity index (χ2n) is 11.6. The maximum Gasteiger partial charge on any atom is 0.314 e. The lowest BCUT2D eigenvalue weighted by atomic mass is 10.5. The fourth-order valence-corrected chi connectivity index (χ4v) is 33.8. The molecule has 13 heteroatoms. The number of rotatable bonds is 12. The second kappa shape index (κ2) is 11.0. The third-order valence-corrected chi connectivity index (χ3v) is 28.5. The summed E-state index contributed by atoms with van der Waals surface area (Å²) in [4.78, 5) is 8.28. The lowest BCUT2D eigenvalue weighted by molar-refractivity contribution is 0.283. The van der Waals surface area contributed by atoms with E-state index in [0.29, 0.717) is 0 Å². The molecule has 0 N–H and O–H groups in total. The number of hydrogen-bond acceptors (Lipinski definition) is 7. The average Bonchev–Trinajstić information content (AvgIpc) is 2.64. The summed E-state index contributed by atoms with van der Waals surface area (Å²) < 4.78 is 33.5. The Labute approximate surface area is 218 Å². The molecular formula is C22H44N2O5Si6. The Bertz CT molecular complexity index is 882. The van der Waals surface area contributed by atoms with E-state index in [1.807, 2.05) is 49.1 Å². The van der Waals surface area contributed by atoms with Gasteiger partial charge in [0, 0.05) is 24.8 Å². The standard InChI is InChI=1S/C22H44N2O5Si6/c1-30(2,21-13-17-23-18-14-21)25-32(5,6)27-34(9,10)29-35(11,12)28-33(7,8)26-31(3,4)22-15-19-24-20-16-22/h13-20H,1-12H3. The van der Waals surface area contributed by atoms with E-state index in [1.54, 1.807) is 0 Å². The van der Waals surface area contributed by atoms with Crippen molar-refractivity contribution < 1.29 is 20.6 Å². The van der Waals surface area contributed by atoms with Gasteiger partial charge in [0.2, 0.25) is 16.6 Å². The van der Waals surface area contributed by atoms with Crippen LogP contribution in [0, 0.1) is 0 Å². The van der Waals surface area contributed by atoms with Gasteiger partial charge in [0.1, 0.15) is 0 Å². The molecule has 0 spiro atoms. The van der Waals surface area contributed by atoms with Crippen molar-refractivity contribution >= 4 is 61.3 Å². The summed E-state index contributed by atoms with van der Waals surface area (Å²) >= 11 is 0. The topological polar surface area (TPSA) is 71.9 Å². The van der Waals surface area contributed by atoms with E-state index in [-0.39, 0.29) is 0 Å². The van der Waals surface area contributed by atoms with Gasteiger partial charge in [0.05, 0.1) is 0 Å². The largest absolute Gasteiger partial charge is 0.433 e. The third-order valence-electron chi connectivity index (χ3n) is 5.23. The molecule has 0 saturated heterocycles. The van der Waals surface area contributed by atoms with Crippen LogP contribution in [0.5, 0.6) is 0 Å². The minimum atomic E-state index is -2.54. The number of aromatic nitrogens is 2. The maximum absolute atomic E-state index is 6.72. The van der Waals surface area contributed by atoms with E-state index < -0.39 is 50.9 Å². The van der Waals surface area contributed by atoms with Crippen molar-refractivity contribution in [2.75, 3.05) is 0 Å². The SMILES string of the molecule is C[Si](C)(O[Si](C)(C)O[Si](C)(C)O[Si](C)(C)c1ccncc1)O[Si](C)(C)O[Si](C)(C)c1ccncc1. The van der Waals surface area contributed by atoms with Gasteiger partial charge in [-0.25, -0.2) is 0 Å². The van der Waals surface area contributed by atoms with Crippen LogP contribution in [0.15, 0.2) is 49.1 Å². The highest BCUT2D eigenvalue weighted by atomic mass is 28.5. The Kier molecular flexibility index (Phi) is 9.65. The van der Waals surface area contributed by atoms with Crippen molar-refractivity contribution in [3.63, 3.8) is 0 Å². The maximum atomic E-state index is 6.72. The zero-order valence-electron chi connectivity index (χ0n) is 23.6. The molecule has 35 heavy (non-hydrogen) atoms. The first-order valence-electron chi connectivity index (χ1n) is 12.1. The summed E-state index contributed by atoms with van der Waals surface area (Å²) in [5.41, 5.74) is 0. The molecule has 0 aliphatic heterocycles. The Balaban J connectivity index is 2.06. The number of hydrogen-bond donors (Lipinski definition) is 0. The first-order chi connectivity index (χ1) is 15.7. The summed E-state index contributed by atoms with van der Waals surface area (Å²) in [6.07, 6.45) is 7.29. The highest BCUT2D eigenvalue weighted by Gasteiger charge is 2.47. The Morgan fingerprint density at radius 2 is 0.629 bits per heavy atom. The van der Waals surface area contributed by atoms with Crippen molar-refractivity contribution in [1.29, 1.82) is 0 Å². The summed E-state index contributed by atoms with van der Waals surface area (Å²) in [5, 5.41) is 2.42. The molecule has 0 aromatic carbocycles. The molecule has 0 aliphatic rings. The van der Waals surface area contributed by atoms with E-state index in [4.69, 9.17) is 20.6 Å². The van der Waals surface area contributed by atoms with Crippen molar-refractivity contribution in [2.24, 2.45) is 0 Å². The molecule has 2 heterocycles. The van der Waals surface area contributed by atoms with Crippen molar-refractivity contribution in [3.8, 4) is 0 Å². The van der Waals surface area contributed by atoms with Gasteiger partial charge in [-0.1, -0.05) is 0 Å². The molecule has 0 fully saturated rings. The van der Waals surface area contributed by atoms with Gasteiger partial charge in [-0.15, -0.1) is 0 Å². The van der Waals surface area contributed by atoms with Crippen LogP contribution in [0.3, 0.4) is 0 Å². The molecule has 2 rings (SSSR count). The van der Waals surface area contributed by atoms with Crippen LogP contribution in [0.25, 0.3) is 0 Å². The van der Waals surface area contributed by atoms with E-state index in [9.17, 15) is 0 Å².